The summed E-state index contributed by atoms with van der Waals surface area (Å²) in [5.74, 6) is 0.729. The first-order valence-electron chi connectivity index (χ1n) is 8.50. The number of hydrogen-bond acceptors (Lipinski definition) is 5. The Morgan fingerprint density at radius 3 is 2.86 bits per heavy atom. The molecule has 8 heteroatoms. The number of aliphatic hydroxyl groups is 1. The van der Waals surface area contributed by atoms with E-state index in [9.17, 15) is 9.50 Å². The Bertz CT molecular complexity index is 1130. The fraction of sp³-hybridized carbons (Fsp3) is 0.100. The number of nitrogens with one attached hydrogen (secondary N) is 1. The summed E-state index contributed by atoms with van der Waals surface area (Å²) < 4.78 is 20.6. The molecular formula is C20H16ClFN4O2. The van der Waals surface area contributed by atoms with Crippen molar-refractivity contribution in [3.63, 3.8) is 0 Å². The van der Waals surface area contributed by atoms with Gasteiger partial charge in [0.1, 0.15) is 30.0 Å². The number of anilines is 2. The number of nitrogens with zero attached hydrogens (tertiary/aromatic N) is 3. The van der Waals surface area contributed by atoms with Crippen LogP contribution in [0.1, 0.15) is 11.1 Å². The molecule has 28 heavy (non-hydrogen) atoms. The molecule has 0 fully saturated rings. The number of rotatable bonds is 6. The lowest BCUT2D eigenvalue weighted by Gasteiger charge is -2.12. The van der Waals surface area contributed by atoms with Crippen molar-refractivity contribution in [3.8, 4) is 5.75 Å². The van der Waals surface area contributed by atoms with Crippen LogP contribution in [0.5, 0.6) is 5.75 Å². The van der Waals surface area contributed by atoms with Crippen molar-refractivity contribution in [2.24, 2.45) is 0 Å². The van der Waals surface area contributed by atoms with E-state index in [0.29, 0.717) is 38.9 Å². The zero-order chi connectivity index (χ0) is 19.5. The van der Waals surface area contributed by atoms with Gasteiger partial charge in [-0.25, -0.2) is 13.9 Å². The van der Waals surface area contributed by atoms with Crippen LogP contribution in [0, 0.1) is 5.82 Å². The molecule has 0 aliphatic rings. The zero-order valence-electron chi connectivity index (χ0n) is 14.6. The quantitative estimate of drug-likeness (QED) is 0.505. The van der Waals surface area contributed by atoms with Gasteiger partial charge >= 0.3 is 0 Å². The van der Waals surface area contributed by atoms with Crippen molar-refractivity contribution < 1.29 is 14.2 Å². The molecule has 0 bridgehead atoms. The summed E-state index contributed by atoms with van der Waals surface area (Å²) in [5, 5.41) is 17.2. The van der Waals surface area contributed by atoms with Crippen LogP contribution in [0.15, 0.2) is 61.1 Å². The second-order valence-electron chi connectivity index (χ2n) is 6.09. The molecule has 6 nitrogen and oxygen atoms in total. The van der Waals surface area contributed by atoms with Gasteiger partial charge in [0, 0.05) is 17.4 Å². The Morgan fingerprint density at radius 1 is 1.18 bits per heavy atom. The van der Waals surface area contributed by atoms with E-state index in [0.717, 1.165) is 0 Å². The van der Waals surface area contributed by atoms with E-state index in [1.807, 2.05) is 0 Å². The maximum Gasteiger partial charge on any atom is 0.158 e. The number of aromatic nitrogens is 3. The molecule has 0 amide bonds. The summed E-state index contributed by atoms with van der Waals surface area (Å²) in [4.78, 5) is 4.26. The molecule has 2 N–H and O–H groups in total. The maximum atomic E-state index is 13.3. The predicted molar refractivity (Wildman–Crippen MR) is 104 cm³/mol. The SMILES string of the molecule is OCc1ccn2ncnc(Nc3ccc(OCc4cccc(F)c4)c(Cl)c3)c12. The lowest BCUT2D eigenvalue weighted by atomic mass is 10.2. The fourth-order valence-corrected chi connectivity index (χ4v) is 3.09. The van der Waals surface area contributed by atoms with E-state index >= 15 is 0 Å². The third-order valence-corrected chi connectivity index (χ3v) is 4.48. The topological polar surface area (TPSA) is 71.7 Å². The molecule has 142 valence electrons. The van der Waals surface area contributed by atoms with Crippen molar-refractivity contribution in [3.05, 3.63) is 83.0 Å². The second-order valence-corrected chi connectivity index (χ2v) is 6.50. The molecule has 2 heterocycles. The molecule has 0 saturated heterocycles. The standard InChI is InChI=1S/C20H16ClFN4O2/c21-17-9-16(4-5-18(17)28-11-13-2-1-3-15(22)8-13)25-20-19-14(10-27)6-7-26(19)24-12-23-20/h1-9,12,27H,10-11H2,(H,23,24,25). The second kappa shape index (κ2) is 7.84. The van der Waals surface area contributed by atoms with Crippen LogP contribution in [-0.2, 0) is 13.2 Å². The number of benzene rings is 2. The van der Waals surface area contributed by atoms with Gasteiger partial charge in [0.15, 0.2) is 5.82 Å². The summed E-state index contributed by atoms with van der Waals surface area (Å²) in [6, 6.07) is 13.2. The first-order valence-corrected chi connectivity index (χ1v) is 8.88. The van der Waals surface area contributed by atoms with E-state index in [1.54, 1.807) is 47.1 Å². The van der Waals surface area contributed by atoms with Gasteiger partial charge in [-0.1, -0.05) is 23.7 Å². The van der Waals surface area contributed by atoms with Crippen molar-refractivity contribution in [2.75, 3.05) is 5.32 Å². The smallest absolute Gasteiger partial charge is 0.158 e. The van der Waals surface area contributed by atoms with Gasteiger partial charge in [0.2, 0.25) is 0 Å². The molecule has 0 unspecified atom stereocenters. The van der Waals surface area contributed by atoms with Crippen molar-refractivity contribution in [1.82, 2.24) is 14.6 Å². The summed E-state index contributed by atoms with van der Waals surface area (Å²) in [6.07, 6.45) is 3.18. The number of hydrogen-bond donors (Lipinski definition) is 2. The van der Waals surface area contributed by atoms with Gasteiger partial charge in [0.05, 0.1) is 11.6 Å². The molecule has 0 aliphatic heterocycles. The van der Waals surface area contributed by atoms with Crippen molar-refractivity contribution in [2.45, 2.75) is 13.2 Å². The Morgan fingerprint density at radius 2 is 2.07 bits per heavy atom. The molecule has 0 saturated carbocycles. The number of aliphatic hydroxyl groups excluding tert-OH is 1. The van der Waals surface area contributed by atoms with Crippen molar-refractivity contribution in [1.29, 1.82) is 0 Å². The minimum atomic E-state index is -0.310. The number of halogens is 2. The molecule has 4 aromatic rings. The molecule has 2 aromatic carbocycles. The average Bonchev–Trinajstić information content (AvgIpc) is 3.12. The third-order valence-electron chi connectivity index (χ3n) is 4.19. The minimum absolute atomic E-state index is 0.119. The lowest BCUT2D eigenvalue weighted by molar-refractivity contribution is 0.283. The molecule has 2 aromatic heterocycles. The van der Waals surface area contributed by atoms with Gasteiger partial charge < -0.3 is 15.2 Å². The Labute approximate surface area is 165 Å². The van der Waals surface area contributed by atoms with E-state index in [2.05, 4.69) is 15.4 Å². The van der Waals surface area contributed by atoms with Crippen LogP contribution in [-0.4, -0.2) is 19.7 Å². The molecular weight excluding hydrogens is 383 g/mol. The highest BCUT2D eigenvalue weighted by Crippen LogP contribution is 2.31. The molecule has 0 spiro atoms. The predicted octanol–water partition coefficient (Wildman–Crippen LogP) is 4.34. The maximum absolute atomic E-state index is 13.3. The van der Waals surface area contributed by atoms with Crippen LogP contribution >= 0.6 is 11.6 Å². The molecule has 4 rings (SSSR count). The average molecular weight is 399 g/mol. The zero-order valence-corrected chi connectivity index (χ0v) is 15.4. The van der Waals surface area contributed by atoms with Gasteiger partial charge in [-0.05, 0) is 42.0 Å². The number of ether oxygens (including phenoxy) is 1. The summed E-state index contributed by atoms with van der Waals surface area (Å²) in [5.41, 5.74) is 2.82. The minimum Gasteiger partial charge on any atom is -0.487 e. The highest BCUT2D eigenvalue weighted by molar-refractivity contribution is 6.32. The van der Waals surface area contributed by atoms with Crippen LogP contribution in [0.4, 0.5) is 15.9 Å². The van der Waals surface area contributed by atoms with Crippen LogP contribution < -0.4 is 10.1 Å². The third kappa shape index (κ3) is 3.76. The fourth-order valence-electron chi connectivity index (χ4n) is 2.86. The summed E-state index contributed by atoms with van der Waals surface area (Å²) >= 11 is 6.33. The largest absolute Gasteiger partial charge is 0.487 e. The summed E-state index contributed by atoms with van der Waals surface area (Å²) in [6.45, 7) is 0.0902. The number of fused-ring (bicyclic) bond motifs is 1. The van der Waals surface area contributed by atoms with Crippen LogP contribution in [0.25, 0.3) is 5.52 Å². The molecule has 0 radical (unpaired) electrons. The van der Waals surface area contributed by atoms with Gasteiger partial charge in [0.25, 0.3) is 0 Å². The van der Waals surface area contributed by atoms with Gasteiger partial charge in [-0.2, -0.15) is 5.10 Å². The van der Waals surface area contributed by atoms with Gasteiger partial charge in [-0.3, -0.25) is 0 Å². The normalized spacial score (nSPS) is 11.0. The van der Waals surface area contributed by atoms with E-state index in [-0.39, 0.29) is 19.0 Å². The monoisotopic (exact) mass is 398 g/mol. The summed E-state index contributed by atoms with van der Waals surface area (Å²) in [7, 11) is 0. The lowest BCUT2D eigenvalue weighted by Crippen LogP contribution is -2.01. The first-order chi connectivity index (χ1) is 13.6. The Hall–Kier alpha value is -3.16. The Kier molecular flexibility index (Phi) is 5.10. The van der Waals surface area contributed by atoms with E-state index in [4.69, 9.17) is 16.3 Å². The van der Waals surface area contributed by atoms with Crippen LogP contribution in [0.2, 0.25) is 5.02 Å². The Balaban J connectivity index is 1.53. The molecule has 0 aliphatic carbocycles. The van der Waals surface area contributed by atoms with E-state index < -0.39 is 0 Å². The molecule has 0 atom stereocenters. The van der Waals surface area contributed by atoms with Crippen LogP contribution in [0.3, 0.4) is 0 Å². The first kappa shape index (κ1) is 18.2. The highest BCUT2D eigenvalue weighted by Gasteiger charge is 2.11. The van der Waals surface area contributed by atoms with Gasteiger partial charge in [-0.15, -0.1) is 0 Å². The van der Waals surface area contributed by atoms with Crippen molar-refractivity contribution >= 4 is 28.6 Å². The van der Waals surface area contributed by atoms with E-state index in [1.165, 1.54) is 18.5 Å². The highest BCUT2D eigenvalue weighted by atomic mass is 35.5.